The Bertz CT molecular complexity index is 1100. The fraction of sp³-hybridized carbons (Fsp3) is 0.273. The van der Waals surface area contributed by atoms with Gasteiger partial charge in [0.15, 0.2) is 11.5 Å². The lowest BCUT2D eigenvalue weighted by Crippen LogP contribution is -2.23. The largest absolute Gasteiger partial charge is 0.382 e. The van der Waals surface area contributed by atoms with Gasteiger partial charge in [0.05, 0.1) is 28.8 Å². The molecule has 3 N–H and O–H groups in total. The highest BCUT2D eigenvalue weighted by Gasteiger charge is 2.18. The molecule has 9 heteroatoms. The number of carbonyl (C=O) groups is 1. The minimum absolute atomic E-state index is 0.00281. The summed E-state index contributed by atoms with van der Waals surface area (Å²) in [6.07, 6.45) is 8.00. The molecule has 0 spiro atoms. The van der Waals surface area contributed by atoms with Crippen LogP contribution in [0.5, 0.6) is 0 Å². The molecule has 31 heavy (non-hydrogen) atoms. The minimum atomic E-state index is -0.537. The van der Waals surface area contributed by atoms with Gasteiger partial charge in [-0.1, -0.05) is 11.6 Å². The average molecular weight is 441 g/mol. The average Bonchev–Trinajstić information content (AvgIpc) is 3.29. The first-order chi connectivity index (χ1) is 15.0. The molecule has 1 aromatic carbocycles. The summed E-state index contributed by atoms with van der Waals surface area (Å²) in [4.78, 5) is 27.9. The van der Waals surface area contributed by atoms with Crippen molar-refractivity contribution in [3.8, 4) is 11.3 Å². The van der Waals surface area contributed by atoms with E-state index in [2.05, 4.69) is 25.2 Å². The summed E-state index contributed by atoms with van der Waals surface area (Å²) in [5.74, 6) is -1.03. The molecule has 2 aromatic heterocycles. The van der Waals surface area contributed by atoms with Gasteiger partial charge in [-0.2, -0.15) is 0 Å². The Morgan fingerprint density at radius 2 is 2.03 bits per heavy atom. The Labute approximate surface area is 184 Å². The molecule has 0 saturated carbocycles. The third-order valence-electron chi connectivity index (χ3n) is 5.29. The second-order valence-electron chi connectivity index (χ2n) is 7.40. The van der Waals surface area contributed by atoms with Crippen LogP contribution >= 0.6 is 11.6 Å². The van der Waals surface area contributed by atoms with Crippen molar-refractivity contribution in [1.82, 2.24) is 19.9 Å². The normalized spacial score (nSPS) is 14.0. The Hall–Kier alpha value is -3.10. The van der Waals surface area contributed by atoms with Crippen LogP contribution in [0.25, 0.3) is 11.3 Å². The fourth-order valence-electron chi connectivity index (χ4n) is 3.58. The van der Waals surface area contributed by atoms with Crippen molar-refractivity contribution in [3.63, 3.8) is 0 Å². The molecule has 4 rings (SSSR count). The minimum Gasteiger partial charge on any atom is -0.382 e. The summed E-state index contributed by atoms with van der Waals surface area (Å²) in [5.41, 5.74) is 8.39. The predicted molar refractivity (Wildman–Crippen MR) is 118 cm³/mol. The number of likely N-dealkylation sites (tertiary alicyclic amines) is 1. The summed E-state index contributed by atoms with van der Waals surface area (Å²) in [6, 6.07) is 6.08. The molecule has 1 amide bonds. The molecule has 1 aliphatic rings. The summed E-state index contributed by atoms with van der Waals surface area (Å²) in [6.45, 7) is 3.15. The van der Waals surface area contributed by atoms with Gasteiger partial charge >= 0.3 is 0 Å². The van der Waals surface area contributed by atoms with Crippen molar-refractivity contribution in [2.24, 2.45) is 0 Å². The highest BCUT2D eigenvalue weighted by atomic mass is 35.5. The summed E-state index contributed by atoms with van der Waals surface area (Å²) in [7, 11) is 0. The molecule has 0 atom stereocenters. The molecular formula is C22H22ClFN6O. The number of hydrogen-bond acceptors (Lipinski definition) is 6. The van der Waals surface area contributed by atoms with Gasteiger partial charge in [0.2, 0.25) is 0 Å². The maximum absolute atomic E-state index is 13.5. The van der Waals surface area contributed by atoms with E-state index in [1.54, 1.807) is 12.4 Å². The maximum Gasteiger partial charge on any atom is 0.278 e. The number of nitrogens with zero attached hydrogens (tertiary/aromatic N) is 4. The Kier molecular flexibility index (Phi) is 6.39. The van der Waals surface area contributed by atoms with Gasteiger partial charge < -0.3 is 16.0 Å². The van der Waals surface area contributed by atoms with Crippen LogP contribution < -0.4 is 11.1 Å². The van der Waals surface area contributed by atoms with Gasteiger partial charge in [0.25, 0.3) is 5.91 Å². The number of anilines is 2. The Morgan fingerprint density at radius 3 is 2.81 bits per heavy atom. The standard InChI is InChI=1S/C22H22ClFN6O/c23-16-11-15(3-4-17(16)24)19-13-27-21(25)20(28-19)22(31)29-18-12-26-7-5-14(18)6-10-30-8-1-2-9-30/h3-5,7,11-13H,1-2,6,8-10H2,(H2,25,27)(H,29,31). The number of hydrogen-bond donors (Lipinski definition) is 2. The lowest BCUT2D eigenvalue weighted by molar-refractivity contribution is 0.102. The van der Waals surface area contributed by atoms with Gasteiger partial charge in [0.1, 0.15) is 5.82 Å². The maximum atomic E-state index is 13.5. The highest BCUT2D eigenvalue weighted by Crippen LogP contribution is 2.25. The smallest absolute Gasteiger partial charge is 0.278 e. The van der Waals surface area contributed by atoms with E-state index in [1.807, 2.05) is 6.07 Å². The van der Waals surface area contributed by atoms with Crippen molar-refractivity contribution in [2.45, 2.75) is 19.3 Å². The molecule has 0 unspecified atom stereocenters. The quantitative estimate of drug-likeness (QED) is 0.605. The number of nitrogens with two attached hydrogens (primary N) is 1. The zero-order valence-corrected chi connectivity index (χ0v) is 17.6. The molecule has 1 saturated heterocycles. The van der Waals surface area contributed by atoms with E-state index in [9.17, 15) is 9.18 Å². The number of nitrogens with one attached hydrogen (secondary N) is 1. The first kappa shape index (κ1) is 21.1. The van der Waals surface area contributed by atoms with Crippen LogP contribution in [0.1, 0.15) is 28.9 Å². The van der Waals surface area contributed by atoms with Crippen molar-refractivity contribution >= 4 is 29.0 Å². The van der Waals surface area contributed by atoms with Gasteiger partial charge in [-0.3, -0.25) is 9.78 Å². The van der Waals surface area contributed by atoms with Crippen LogP contribution in [0.15, 0.2) is 42.9 Å². The van der Waals surface area contributed by atoms with Crippen LogP contribution in [-0.2, 0) is 6.42 Å². The van der Waals surface area contributed by atoms with Crippen LogP contribution in [0.2, 0.25) is 5.02 Å². The molecule has 1 fully saturated rings. The van der Waals surface area contributed by atoms with Crippen LogP contribution in [-0.4, -0.2) is 45.4 Å². The summed E-state index contributed by atoms with van der Waals surface area (Å²) < 4.78 is 13.5. The van der Waals surface area contributed by atoms with E-state index in [1.165, 1.54) is 37.2 Å². The predicted octanol–water partition coefficient (Wildman–Crippen LogP) is 3.80. The number of nitrogen functional groups attached to an aromatic ring is 1. The molecule has 7 nitrogen and oxygen atoms in total. The zero-order chi connectivity index (χ0) is 21.8. The van der Waals surface area contributed by atoms with Gasteiger partial charge in [-0.15, -0.1) is 0 Å². The topological polar surface area (TPSA) is 97.0 Å². The first-order valence-electron chi connectivity index (χ1n) is 10.1. The van der Waals surface area contributed by atoms with E-state index in [0.717, 1.165) is 31.6 Å². The molecule has 3 heterocycles. The molecule has 3 aromatic rings. The van der Waals surface area contributed by atoms with Gasteiger partial charge in [0, 0.05) is 18.3 Å². The number of carbonyl (C=O) groups excluding carboxylic acids is 1. The van der Waals surface area contributed by atoms with E-state index in [0.29, 0.717) is 16.9 Å². The lowest BCUT2D eigenvalue weighted by atomic mass is 10.1. The first-order valence-corrected chi connectivity index (χ1v) is 10.4. The highest BCUT2D eigenvalue weighted by molar-refractivity contribution is 6.31. The zero-order valence-electron chi connectivity index (χ0n) is 16.8. The number of pyridine rings is 1. The van der Waals surface area contributed by atoms with Gasteiger partial charge in [-0.25, -0.2) is 14.4 Å². The van der Waals surface area contributed by atoms with Crippen LogP contribution in [0, 0.1) is 5.82 Å². The molecule has 0 radical (unpaired) electrons. The molecule has 0 bridgehead atoms. The molecular weight excluding hydrogens is 419 g/mol. The second kappa shape index (κ2) is 9.36. The third kappa shape index (κ3) is 4.98. The van der Waals surface area contributed by atoms with Crippen LogP contribution in [0.4, 0.5) is 15.9 Å². The SMILES string of the molecule is Nc1ncc(-c2ccc(F)c(Cl)c2)nc1C(=O)Nc1cnccc1CCN1CCCC1. The summed E-state index contributed by atoms with van der Waals surface area (Å²) >= 11 is 5.86. The van der Waals surface area contributed by atoms with Crippen LogP contribution in [0.3, 0.4) is 0 Å². The Balaban J connectivity index is 1.54. The van der Waals surface area contributed by atoms with Crippen molar-refractivity contribution in [1.29, 1.82) is 0 Å². The number of halogens is 2. The number of rotatable bonds is 6. The van der Waals surface area contributed by atoms with E-state index < -0.39 is 11.7 Å². The third-order valence-corrected chi connectivity index (χ3v) is 5.58. The van der Waals surface area contributed by atoms with Crippen molar-refractivity contribution in [2.75, 3.05) is 30.7 Å². The lowest BCUT2D eigenvalue weighted by Gasteiger charge is -2.16. The fourth-order valence-corrected chi connectivity index (χ4v) is 3.76. The number of aromatic nitrogens is 3. The monoisotopic (exact) mass is 440 g/mol. The van der Waals surface area contributed by atoms with Gasteiger partial charge in [-0.05, 0) is 62.2 Å². The molecule has 0 aliphatic carbocycles. The van der Waals surface area contributed by atoms with E-state index in [-0.39, 0.29) is 16.5 Å². The Morgan fingerprint density at radius 1 is 1.23 bits per heavy atom. The molecule has 1 aliphatic heterocycles. The summed E-state index contributed by atoms with van der Waals surface area (Å²) in [5, 5.41) is 2.81. The van der Waals surface area contributed by atoms with E-state index in [4.69, 9.17) is 17.3 Å². The van der Waals surface area contributed by atoms with E-state index >= 15 is 0 Å². The second-order valence-corrected chi connectivity index (χ2v) is 7.81. The number of benzene rings is 1. The van der Waals surface area contributed by atoms with Crippen molar-refractivity contribution < 1.29 is 9.18 Å². The number of amides is 1. The van der Waals surface area contributed by atoms with Crippen molar-refractivity contribution in [3.05, 3.63) is 65.0 Å². The molecule has 160 valence electrons.